The summed E-state index contributed by atoms with van der Waals surface area (Å²) in [6.07, 6.45) is 2.00. The number of hydrogen-bond donors (Lipinski definition) is 2. The topological polar surface area (TPSA) is 84.7 Å². The smallest absolute Gasteiger partial charge is 0.251 e. The molecule has 116 valence electrons. The van der Waals surface area contributed by atoms with Crippen molar-refractivity contribution >= 4 is 0 Å². The van der Waals surface area contributed by atoms with Gasteiger partial charge in [0, 0.05) is 24.7 Å². The standard InChI is InChI=1S/C17H15FN4O/c18-12-6-4-11(5-7-12)14(19)9-13-10-16(23)22-17(21-13)15-3-1-2-8-20-15/h1-8,10,14H,9,19H2,(H,21,22,23)/t14-/m1/s1. The minimum absolute atomic E-state index is 0.262. The lowest BCUT2D eigenvalue weighted by molar-refractivity contribution is 0.624. The van der Waals surface area contributed by atoms with E-state index in [1.54, 1.807) is 30.5 Å². The van der Waals surface area contributed by atoms with Gasteiger partial charge in [-0.25, -0.2) is 9.37 Å². The van der Waals surface area contributed by atoms with Gasteiger partial charge in [0.25, 0.3) is 5.56 Å². The van der Waals surface area contributed by atoms with Gasteiger partial charge in [-0.3, -0.25) is 9.78 Å². The van der Waals surface area contributed by atoms with Gasteiger partial charge in [0.05, 0.1) is 5.69 Å². The first-order valence-electron chi connectivity index (χ1n) is 7.14. The number of nitrogens with zero attached hydrogens (tertiary/aromatic N) is 2. The second kappa shape index (κ2) is 6.50. The van der Waals surface area contributed by atoms with Crippen LogP contribution in [0.25, 0.3) is 11.5 Å². The molecule has 23 heavy (non-hydrogen) atoms. The molecule has 0 aliphatic heterocycles. The maximum Gasteiger partial charge on any atom is 0.251 e. The second-order valence-electron chi connectivity index (χ2n) is 5.16. The van der Waals surface area contributed by atoms with E-state index in [0.717, 1.165) is 5.56 Å². The predicted octanol–water partition coefficient (Wildman–Crippen LogP) is 2.21. The van der Waals surface area contributed by atoms with Crippen LogP contribution in [0.15, 0.2) is 59.5 Å². The fraction of sp³-hybridized carbons (Fsp3) is 0.118. The maximum absolute atomic E-state index is 13.0. The number of nitrogens with one attached hydrogen (secondary N) is 1. The molecule has 0 unspecified atom stereocenters. The highest BCUT2D eigenvalue weighted by Gasteiger charge is 2.11. The van der Waals surface area contributed by atoms with Crippen LogP contribution in [0.3, 0.4) is 0 Å². The number of benzene rings is 1. The van der Waals surface area contributed by atoms with Crippen molar-refractivity contribution in [2.24, 2.45) is 5.73 Å². The van der Waals surface area contributed by atoms with E-state index in [2.05, 4.69) is 15.0 Å². The van der Waals surface area contributed by atoms with Crippen molar-refractivity contribution in [3.8, 4) is 11.5 Å². The van der Waals surface area contributed by atoms with Crippen LogP contribution >= 0.6 is 0 Å². The lowest BCUT2D eigenvalue weighted by Gasteiger charge is -2.12. The minimum atomic E-state index is -0.374. The Labute approximate surface area is 132 Å². The van der Waals surface area contributed by atoms with Gasteiger partial charge in [-0.1, -0.05) is 18.2 Å². The third kappa shape index (κ3) is 3.67. The molecule has 5 nitrogen and oxygen atoms in total. The molecule has 0 aliphatic rings. The summed E-state index contributed by atoms with van der Waals surface area (Å²) >= 11 is 0. The van der Waals surface area contributed by atoms with Crippen molar-refractivity contribution in [3.05, 3.63) is 82.2 Å². The molecule has 0 amide bonds. The van der Waals surface area contributed by atoms with Crippen molar-refractivity contribution < 1.29 is 4.39 Å². The molecule has 0 bridgehead atoms. The Morgan fingerprint density at radius 1 is 1.17 bits per heavy atom. The van der Waals surface area contributed by atoms with Gasteiger partial charge in [0.15, 0.2) is 5.82 Å². The molecule has 2 heterocycles. The third-order valence-corrected chi connectivity index (χ3v) is 3.43. The molecule has 2 aromatic heterocycles. The highest BCUT2D eigenvalue weighted by atomic mass is 19.1. The van der Waals surface area contributed by atoms with E-state index in [1.165, 1.54) is 18.2 Å². The normalized spacial score (nSPS) is 12.1. The lowest BCUT2D eigenvalue weighted by Crippen LogP contribution is -2.17. The van der Waals surface area contributed by atoms with E-state index in [4.69, 9.17) is 5.73 Å². The van der Waals surface area contributed by atoms with Crippen LogP contribution in [0.4, 0.5) is 4.39 Å². The van der Waals surface area contributed by atoms with Crippen molar-refractivity contribution in [2.45, 2.75) is 12.5 Å². The molecule has 0 saturated carbocycles. The molecule has 0 aliphatic carbocycles. The molecule has 0 spiro atoms. The van der Waals surface area contributed by atoms with Crippen LogP contribution in [0, 0.1) is 5.82 Å². The average Bonchev–Trinajstić information content (AvgIpc) is 2.55. The number of rotatable bonds is 4. The summed E-state index contributed by atoms with van der Waals surface area (Å²) in [4.78, 5) is 23.1. The van der Waals surface area contributed by atoms with Gasteiger partial charge in [0.2, 0.25) is 0 Å². The van der Waals surface area contributed by atoms with Gasteiger partial charge < -0.3 is 10.7 Å². The molecule has 3 aromatic rings. The molecular formula is C17H15FN4O. The van der Waals surface area contributed by atoms with E-state index in [-0.39, 0.29) is 17.4 Å². The van der Waals surface area contributed by atoms with Crippen LogP contribution in [0.2, 0.25) is 0 Å². The van der Waals surface area contributed by atoms with Crippen LogP contribution in [-0.4, -0.2) is 15.0 Å². The summed E-state index contributed by atoms with van der Waals surface area (Å²) in [5.74, 6) is 0.0899. The lowest BCUT2D eigenvalue weighted by atomic mass is 10.0. The maximum atomic E-state index is 13.0. The number of halogens is 1. The van der Waals surface area contributed by atoms with E-state index in [0.29, 0.717) is 23.6 Å². The van der Waals surface area contributed by atoms with Gasteiger partial charge in [0.1, 0.15) is 11.5 Å². The number of H-pyrrole nitrogens is 1. The first-order valence-corrected chi connectivity index (χ1v) is 7.14. The quantitative estimate of drug-likeness (QED) is 0.774. The van der Waals surface area contributed by atoms with Crippen LogP contribution in [-0.2, 0) is 6.42 Å². The molecule has 1 atom stereocenters. The van der Waals surface area contributed by atoms with Crippen LogP contribution < -0.4 is 11.3 Å². The monoisotopic (exact) mass is 310 g/mol. The molecule has 6 heteroatoms. The Hall–Kier alpha value is -2.86. The highest BCUT2D eigenvalue weighted by molar-refractivity contribution is 5.48. The molecule has 0 radical (unpaired) electrons. The highest BCUT2D eigenvalue weighted by Crippen LogP contribution is 2.16. The number of hydrogen-bond acceptors (Lipinski definition) is 4. The van der Waals surface area contributed by atoms with Gasteiger partial charge >= 0.3 is 0 Å². The summed E-state index contributed by atoms with van der Waals surface area (Å²) in [5, 5.41) is 0. The van der Waals surface area contributed by atoms with Crippen molar-refractivity contribution in [1.29, 1.82) is 0 Å². The van der Waals surface area contributed by atoms with Gasteiger partial charge in [-0.05, 0) is 29.8 Å². The zero-order chi connectivity index (χ0) is 16.2. The molecule has 3 N–H and O–H groups in total. The Kier molecular flexibility index (Phi) is 4.25. The summed E-state index contributed by atoms with van der Waals surface area (Å²) < 4.78 is 13.0. The molecule has 0 fully saturated rings. The zero-order valence-electron chi connectivity index (χ0n) is 12.2. The largest absolute Gasteiger partial charge is 0.324 e. The molecule has 1 aromatic carbocycles. The second-order valence-corrected chi connectivity index (χ2v) is 5.16. The van der Waals surface area contributed by atoms with E-state index >= 15 is 0 Å². The summed E-state index contributed by atoms with van der Waals surface area (Å²) in [6.45, 7) is 0. The number of aromatic nitrogens is 3. The number of nitrogens with two attached hydrogens (primary N) is 1. The minimum Gasteiger partial charge on any atom is -0.324 e. The fourth-order valence-corrected chi connectivity index (χ4v) is 2.29. The van der Waals surface area contributed by atoms with Gasteiger partial charge in [-0.2, -0.15) is 0 Å². The number of pyridine rings is 1. The summed E-state index contributed by atoms with van der Waals surface area (Å²) in [5.41, 5.74) is 7.79. The molecular weight excluding hydrogens is 295 g/mol. The Balaban J connectivity index is 1.87. The SMILES string of the molecule is N[C@H](Cc1cc(=O)[nH]c(-c2ccccn2)n1)c1ccc(F)cc1. The molecule has 0 saturated heterocycles. The summed E-state index contributed by atoms with van der Waals surface area (Å²) in [7, 11) is 0. The van der Waals surface area contributed by atoms with Crippen LogP contribution in [0.1, 0.15) is 17.3 Å². The Bertz CT molecular complexity index is 846. The fourth-order valence-electron chi connectivity index (χ4n) is 2.29. The zero-order valence-corrected chi connectivity index (χ0v) is 12.2. The van der Waals surface area contributed by atoms with Crippen LogP contribution in [0.5, 0.6) is 0 Å². The van der Waals surface area contributed by atoms with Crippen molar-refractivity contribution in [3.63, 3.8) is 0 Å². The Morgan fingerprint density at radius 2 is 1.96 bits per heavy atom. The van der Waals surface area contributed by atoms with E-state index < -0.39 is 0 Å². The van der Waals surface area contributed by atoms with E-state index in [1.807, 2.05) is 6.07 Å². The van der Waals surface area contributed by atoms with Gasteiger partial charge in [-0.15, -0.1) is 0 Å². The predicted molar refractivity (Wildman–Crippen MR) is 85.1 cm³/mol. The van der Waals surface area contributed by atoms with Crippen molar-refractivity contribution in [1.82, 2.24) is 15.0 Å². The average molecular weight is 310 g/mol. The van der Waals surface area contributed by atoms with E-state index in [9.17, 15) is 9.18 Å². The molecule has 3 rings (SSSR count). The third-order valence-electron chi connectivity index (χ3n) is 3.43. The number of aromatic amines is 1. The summed E-state index contributed by atoms with van der Waals surface area (Å²) in [6, 6.07) is 12.4. The first kappa shape index (κ1) is 15.1. The Morgan fingerprint density at radius 3 is 2.65 bits per heavy atom. The first-order chi connectivity index (χ1) is 11.1. The van der Waals surface area contributed by atoms with Crippen molar-refractivity contribution in [2.75, 3.05) is 0 Å².